The summed E-state index contributed by atoms with van der Waals surface area (Å²) in [4.78, 5) is 20.2. The van der Waals surface area contributed by atoms with E-state index in [2.05, 4.69) is 36.8 Å². The van der Waals surface area contributed by atoms with Gasteiger partial charge in [-0.25, -0.2) is 0 Å². The third-order valence-corrected chi connectivity index (χ3v) is 4.73. The molecule has 1 aromatic heterocycles. The van der Waals surface area contributed by atoms with Gasteiger partial charge in [0.25, 0.3) is 0 Å². The Bertz CT molecular complexity index is 636. The molecule has 0 saturated carbocycles. The van der Waals surface area contributed by atoms with Crippen LogP contribution in [0.4, 0.5) is 0 Å². The zero-order valence-corrected chi connectivity index (χ0v) is 13.0. The highest BCUT2D eigenvalue weighted by atomic mass is 16.2. The van der Waals surface area contributed by atoms with E-state index >= 15 is 0 Å². The lowest BCUT2D eigenvalue weighted by Crippen LogP contribution is -2.56. The van der Waals surface area contributed by atoms with E-state index in [0.717, 1.165) is 29.6 Å². The molecule has 2 atom stereocenters. The highest BCUT2D eigenvalue weighted by Gasteiger charge is 2.29. The van der Waals surface area contributed by atoms with E-state index in [4.69, 9.17) is 0 Å². The minimum atomic E-state index is 0.228. The molecule has 112 valence electrons. The first-order valence-corrected chi connectivity index (χ1v) is 7.61. The molecule has 1 aliphatic rings. The van der Waals surface area contributed by atoms with Gasteiger partial charge in [-0.05, 0) is 32.5 Å². The van der Waals surface area contributed by atoms with Gasteiger partial charge in [0.15, 0.2) is 0 Å². The van der Waals surface area contributed by atoms with Crippen molar-refractivity contribution in [3.8, 4) is 0 Å². The van der Waals surface area contributed by atoms with Crippen molar-refractivity contribution in [2.75, 3.05) is 20.1 Å². The Kier molecular flexibility index (Phi) is 3.72. The number of hydrogen-bond acceptors (Lipinski definition) is 2. The summed E-state index contributed by atoms with van der Waals surface area (Å²) in [5.41, 5.74) is 2.19. The van der Waals surface area contributed by atoms with Gasteiger partial charge in [-0.1, -0.05) is 18.2 Å². The van der Waals surface area contributed by atoms with Gasteiger partial charge in [0.2, 0.25) is 5.91 Å². The summed E-state index contributed by atoms with van der Waals surface area (Å²) in [6.07, 6.45) is 2.44. The molecule has 4 heteroatoms. The molecule has 4 nitrogen and oxygen atoms in total. The molecule has 1 aromatic carbocycles. The highest BCUT2D eigenvalue weighted by molar-refractivity contribution is 5.88. The Hall–Kier alpha value is -1.81. The van der Waals surface area contributed by atoms with Crippen LogP contribution in [0.25, 0.3) is 10.9 Å². The smallest absolute Gasteiger partial charge is 0.227 e. The van der Waals surface area contributed by atoms with Gasteiger partial charge in [-0.15, -0.1) is 0 Å². The van der Waals surface area contributed by atoms with E-state index in [-0.39, 0.29) is 5.91 Å². The summed E-state index contributed by atoms with van der Waals surface area (Å²) >= 11 is 0. The first kappa shape index (κ1) is 14.1. The molecule has 3 rings (SSSR count). The Balaban J connectivity index is 1.74. The quantitative estimate of drug-likeness (QED) is 0.919. The fourth-order valence-corrected chi connectivity index (χ4v) is 3.16. The van der Waals surface area contributed by atoms with Crippen LogP contribution in [0.3, 0.4) is 0 Å². The van der Waals surface area contributed by atoms with Crippen molar-refractivity contribution in [1.29, 1.82) is 0 Å². The van der Waals surface area contributed by atoms with Crippen molar-refractivity contribution in [2.24, 2.45) is 0 Å². The number of para-hydroxylation sites is 1. The second-order valence-corrected chi connectivity index (χ2v) is 6.20. The van der Waals surface area contributed by atoms with Crippen LogP contribution < -0.4 is 0 Å². The van der Waals surface area contributed by atoms with Crippen molar-refractivity contribution >= 4 is 16.8 Å². The number of H-pyrrole nitrogens is 1. The molecule has 0 spiro atoms. The molecular formula is C17H23N3O. The van der Waals surface area contributed by atoms with E-state index in [9.17, 15) is 4.79 Å². The fraction of sp³-hybridized carbons (Fsp3) is 0.471. The maximum atomic E-state index is 12.6. The normalized spacial score (nSPS) is 23.7. The van der Waals surface area contributed by atoms with Crippen molar-refractivity contribution in [3.63, 3.8) is 0 Å². The van der Waals surface area contributed by atoms with Crippen molar-refractivity contribution < 1.29 is 4.79 Å². The Morgan fingerprint density at radius 2 is 1.90 bits per heavy atom. The van der Waals surface area contributed by atoms with Crippen LogP contribution in [0, 0.1) is 0 Å². The topological polar surface area (TPSA) is 39.3 Å². The van der Waals surface area contributed by atoms with E-state index in [0.29, 0.717) is 18.5 Å². The molecule has 1 fully saturated rings. The molecule has 1 aliphatic heterocycles. The number of nitrogens with zero attached hydrogens (tertiary/aromatic N) is 2. The van der Waals surface area contributed by atoms with Gasteiger partial charge in [-0.2, -0.15) is 0 Å². The number of fused-ring (bicyclic) bond motifs is 1. The van der Waals surface area contributed by atoms with Crippen LogP contribution in [-0.2, 0) is 11.2 Å². The first-order valence-electron chi connectivity index (χ1n) is 7.61. The number of benzene rings is 1. The summed E-state index contributed by atoms with van der Waals surface area (Å²) in [6.45, 7) is 6.01. The summed E-state index contributed by atoms with van der Waals surface area (Å²) < 4.78 is 0. The first-order chi connectivity index (χ1) is 10.1. The Morgan fingerprint density at radius 1 is 1.24 bits per heavy atom. The van der Waals surface area contributed by atoms with Crippen molar-refractivity contribution in [3.05, 3.63) is 36.0 Å². The molecule has 21 heavy (non-hydrogen) atoms. The standard InChI is InChI=1S/C17H23N3O/c1-12-10-20(11-13(2)19(12)3)17(21)8-14-9-18-16-7-5-4-6-15(14)16/h4-7,9,12-13,18H,8,10-11H2,1-3H3. The third kappa shape index (κ3) is 2.68. The number of nitrogens with one attached hydrogen (secondary N) is 1. The summed E-state index contributed by atoms with van der Waals surface area (Å²) in [6, 6.07) is 8.98. The lowest BCUT2D eigenvalue weighted by Gasteiger charge is -2.42. The molecule has 2 heterocycles. The minimum absolute atomic E-state index is 0.228. The molecule has 0 radical (unpaired) electrons. The van der Waals surface area contributed by atoms with Crippen LogP contribution in [0.1, 0.15) is 19.4 Å². The number of hydrogen-bond donors (Lipinski definition) is 1. The monoisotopic (exact) mass is 285 g/mol. The zero-order valence-electron chi connectivity index (χ0n) is 13.0. The predicted molar refractivity (Wildman–Crippen MR) is 85.3 cm³/mol. The molecule has 1 amide bonds. The van der Waals surface area contributed by atoms with Crippen LogP contribution in [-0.4, -0.2) is 52.9 Å². The third-order valence-electron chi connectivity index (χ3n) is 4.73. The van der Waals surface area contributed by atoms with Gasteiger partial charge in [0.05, 0.1) is 6.42 Å². The Labute approximate surface area is 125 Å². The number of rotatable bonds is 2. The summed E-state index contributed by atoms with van der Waals surface area (Å²) in [5, 5.41) is 1.15. The molecule has 1 saturated heterocycles. The Morgan fingerprint density at radius 3 is 2.62 bits per heavy atom. The van der Waals surface area contributed by atoms with E-state index < -0.39 is 0 Å². The highest BCUT2D eigenvalue weighted by Crippen LogP contribution is 2.20. The fourth-order valence-electron chi connectivity index (χ4n) is 3.16. The number of carbonyl (C=O) groups is 1. The van der Waals surface area contributed by atoms with Gasteiger partial charge >= 0.3 is 0 Å². The molecule has 1 N–H and O–H groups in total. The predicted octanol–water partition coefficient (Wildman–Crippen LogP) is 2.26. The number of aromatic nitrogens is 1. The second-order valence-electron chi connectivity index (χ2n) is 6.20. The number of likely N-dealkylation sites (N-methyl/N-ethyl adjacent to an activating group) is 1. The van der Waals surface area contributed by atoms with E-state index in [1.807, 2.05) is 29.3 Å². The number of piperazine rings is 1. The van der Waals surface area contributed by atoms with Gasteiger partial charge < -0.3 is 9.88 Å². The van der Waals surface area contributed by atoms with Crippen molar-refractivity contribution in [2.45, 2.75) is 32.4 Å². The summed E-state index contributed by atoms with van der Waals surface area (Å²) in [7, 11) is 2.14. The average molecular weight is 285 g/mol. The molecular weight excluding hydrogens is 262 g/mol. The van der Waals surface area contributed by atoms with Gasteiger partial charge in [-0.3, -0.25) is 9.69 Å². The lowest BCUT2D eigenvalue weighted by molar-refractivity contribution is -0.134. The van der Waals surface area contributed by atoms with Crippen LogP contribution in [0.5, 0.6) is 0 Å². The summed E-state index contributed by atoms with van der Waals surface area (Å²) in [5.74, 6) is 0.228. The average Bonchev–Trinajstić information content (AvgIpc) is 2.87. The number of amides is 1. The molecule has 2 aromatic rings. The largest absolute Gasteiger partial charge is 0.361 e. The lowest BCUT2D eigenvalue weighted by atomic mass is 10.1. The second kappa shape index (κ2) is 5.53. The molecule has 0 aliphatic carbocycles. The van der Waals surface area contributed by atoms with Crippen LogP contribution >= 0.6 is 0 Å². The van der Waals surface area contributed by atoms with Gasteiger partial charge in [0, 0.05) is 42.3 Å². The maximum absolute atomic E-state index is 12.6. The molecule has 2 unspecified atom stereocenters. The van der Waals surface area contributed by atoms with E-state index in [1.165, 1.54) is 0 Å². The maximum Gasteiger partial charge on any atom is 0.227 e. The minimum Gasteiger partial charge on any atom is -0.361 e. The van der Waals surface area contributed by atoms with Gasteiger partial charge in [0.1, 0.15) is 0 Å². The number of aromatic amines is 1. The SMILES string of the molecule is CC1CN(C(=O)Cc2c[nH]c3ccccc23)CC(C)N1C. The van der Waals surface area contributed by atoms with Crippen LogP contribution in [0.15, 0.2) is 30.5 Å². The van der Waals surface area contributed by atoms with E-state index in [1.54, 1.807) is 0 Å². The zero-order chi connectivity index (χ0) is 15.0. The van der Waals surface area contributed by atoms with Crippen LogP contribution in [0.2, 0.25) is 0 Å². The van der Waals surface area contributed by atoms with Crippen molar-refractivity contribution in [1.82, 2.24) is 14.8 Å². The molecule has 0 bridgehead atoms. The number of carbonyl (C=O) groups excluding carboxylic acids is 1.